The molecule has 1 saturated heterocycles. The third-order valence-corrected chi connectivity index (χ3v) is 5.00. The van der Waals surface area contributed by atoms with E-state index in [4.69, 9.17) is 16.6 Å². The molecule has 154 valence electrons. The van der Waals surface area contributed by atoms with E-state index in [-0.39, 0.29) is 24.0 Å². The van der Waals surface area contributed by atoms with Crippen LogP contribution >= 0.6 is 35.6 Å². The Balaban J connectivity index is 0.00000364. The number of nitrogens with zero attached hydrogens (tertiary/aromatic N) is 4. The first-order valence-corrected chi connectivity index (χ1v) is 10.2. The quantitative estimate of drug-likeness (QED) is 0.232. The summed E-state index contributed by atoms with van der Waals surface area (Å²) < 4.78 is 0. The number of guanidine groups is 1. The molecular weight excluding hydrogens is 475 g/mol. The van der Waals surface area contributed by atoms with E-state index in [1.54, 1.807) is 6.20 Å². The molecule has 2 heterocycles. The number of aromatic nitrogens is 1. The molecule has 1 atom stereocenters. The Morgan fingerprint density at radius 1 is 1.37 bits per heavy atom. The van der Waals surface area contributed by atoms with Gasteiger partial charge >= 0.3 is 0 Å². The molecule has 0 amide bonds. The smallest absolute Gasteiger partial charge is 0.191 e. The second kappa shape index (κ2) is 13.4. The summed E-state index contributed by atoms with van der Waals surface area (Å²) in [6.45, 7) is 13.4. The van der Waals surface area contributed by atoms with Crippen LogP contribution in [-0.4, -0.2) is 67.7 Å². The second-order valence-corrected chi connectivity index (χ2v) is 6.93. The maximum atomic E-state index is 6.28. The molecule has 0 aliphatic carbocycles. The molecule has 0 spiro atoms. The highest BCUT2D eigenvalue weighted by molar-refractivity contribution is 14.0. The number of pyridine rings is 1. The fraction of sp³-hybridized carbons (Fsp3) is 0.684. The van der Waals surface area contributed by atoms with E-state index in [0.717, 1.165) is 70.4 Å². The van der Waals surface area contributed by atoms with E-state index in [1.807, 2.05) is 12.1 Å². The average molecular weight is 509 g/mol. The van der Waals surface area contributed by atoms with Gasteiger partial charge in [0.2, 0.25) is 0 Å². The maximum Gasteiger partial charge on any atom is 0.191 e. The minimum absolute atomic E-state index is 0. The van der Waals surface area contributed by atoms with Crippen molar-refractivity contribution >= 4 is 47.4 Å². The Morgan fingerprint density at radius 2 is 2.15 bits per heavy atom. The first kappa shape index (κ1) is 24.2. The zero-order valence-electron chi connectivity index (χ0n) is 16.7. The molecule has 0 saturated carbocycles. The van der Waals surface area contributed by atoms with Gasteiger partial charge in [0.25, 0.3) is 0 Å². The van der Waals surface area contributed by atoms with E-state index in [2.05, 4.69) is 46.2 Å². The number of hydrogen-bond acceptors (Lipinski definition) is 4. The minimum atomic E-state index is 0. The van der Waals surface area contributed by atoms with Crippen LogP contribution < -0.4 is 15.5 Å². The van der Waals surface area contributed by atoms with Gasteiger partial charge in [-0.05, 0) is 51.5 Å². The molecule has 27 heavy (non-hydrogen) atoms. The Labute approximate surface area is 186 Å². The monoisotopic (exact) mass is 508 g/mol. The topological polar surface area (TPSA) is 55.8 Å². The summed E-state index contributed by atoms with van der Waals surface area (Å²) in [5.41, 5.74) is 0. The molecule has 0 radical (unpaired) electrons. The normalized spacial score (nSPS) is 17.1. The molecule has 1 aromatic heterocycles. The van der Waals surface area contributed by atoms with Crippen molar-refractivity contribution in [3.05, 3.63) is 23.4 Å². The summed E-state index contributed by atoms with van der Waals surface area (Å²) in [6, 6.07) is 4.12. The number of anilines is 1. The third-order valence-electron chi connectivity index (χ3n) is 4.71. The van der Waals surface area contributed by atoms with Crippen molar-refractivity contribution < 1.29 is 0 Å². The lowest BCUT2D eigenvalue weighted by Crippen LogP contribution is -2.44. The highest BCUT2D eigenvalue weighted by atomic mass is 127. The number of aliphatic imine (C=N–C) groups is 1. The van der Waals surface area contributed by atoms with Crippen LogP contribution in [0.2, 0.25) is 5.02 Å². The standard InChI is InChI=1S/C19H33ClN6.HI/c1-4-21-19(23-12-8-13-25(5-2)6-3)24-16-10-14-26(15-16)18-17(20)9-7-11-22-18;/h7,9,11,16H,4-6,8,10,12-15H2,1-3H3,(H2,21,23,24);1H. The van der Waals surface area contributed by atoms with Gasteiger partial charge in [-0.25, -0.2) is 4.98 Å². The molecule has 1 aliphatic heterocycles. The number of halogens is 2. The van der Waals surface area contributed by atoms with E-state index in [1.165, 1.54) is 0 Å². The van der Waals surface area contributed by atoms with Crippen LogP contribution in [0, 0.1) is 0 Å². The molecule has 2 N–H and O–H groups in total. The van der Waals surface area contributed by atoms with Gasteiger partial charge in [0.05, 0.1) is 5.02 Å². The van der Waals surface area contributed by atoms with Crippen LogP contribution in [0.1, 0.15) is 33.6 Å². The minimum Gasteiger partial charge on any atom is -0.357 e. The number of nitrogens with one attached hydrogen (secondary N) is 2. The van der Waals surface area contributed by atoms with E-state index in [0.29, 0.717) is 11.1 Å². The zero-order valence-corrected chi connectivity index (χ0v) is 19.8. The highest BCUT2D eigenvalue weighted by Gasteiger charge is 2.25. The molecule has 0 aromatic carbocycles. The summed E-state index contributed by atoms with van der Waals surface area (Å²) in [7, 11) is 0. The largest absolute Gasteiger partial charge is 0.357 e. The van der Waals surface area contributed by atoms with Crippen molar-refractivity contribution in [2.75, 3.05) is 50.7 Å². The van der Waals surface area contributed by atoms with Crippen LogP contribution in [0.25, 0.3) is 0 Å². The Kier molecular flexibility index (Phi) is 12.0. The lowest BCUT2D eigenvalue weighted by Gasteiger charge is -2.20. The molecule has 6 nitrogen and oxygen atoms in total. The Hall–Kier alpha value is -0.800. The number of rotatable bonds is 9. The van der Waals surface area contributed by atoms with E-state index >= 15 is 0 Å². The molecular formula is C19H34ClIN6. The van der Waals surface area contributed by atoms with E-state index < -0.39 is 0 Å². The molecule has 1 fully saturated rings. The summed E-state index contributed by atoms with van der Waals surface area (Å²) >= 11 is 6.28. The lowest BCUT2D eigenvalue weighted by atomic mass is 10.3. The fourth-order valence-corrected chi connectivity index (χ4v) is 3.46. The zero-order chi connectivity index (χ0) is 18.8. The molecule has 1 aliphatic rings. The van der Waals surface area contributed by atoms with Gasteiger partial charge in [-0.15, -0.1) is 24.0 Å². The van der Waals surface area contributed by atoms with Gasteiger partial charge in [-0.2, -0.15) is 0 Å². The lowest BCUT2D eigenvalue weighted by molar-refractivity contribution is 0.302. The van der Waals surface area contributed by atoms with Gasteiger partial charge in [0.15, 0.2) is 5.96 Å². The Bertz CT molecular complexity index is 567. The van der Waals surface area contributed by atoms with Crippen LogP contribution in [0.5, 0.6) is 0 Å². The van der Waals surface area contributed by atoms with Gasteiger partial charge in [0.1, 0.15) is 5.82 Å². The van der Waals surface area contributed by atoms with Gasteiger partial charge < -0.3 is 20.4 Å². The van der Waals surface area contributed by atoms with Gasteiger partial charge in [-0.3, -0.25) is 4.99 Å². The molecule has 1 unspecified atom stereocenters. The van der Waals surface area contributed by atoms with Crippen LogP contribution in [0.3, 0.4) is 0 Å². The van der Waals surface area contributed by atoms with Crippen molar-refractivity contribution in [3.8, 4) is 0 Å². The maximum absolute atomic E-state index is 6.28. The summed E-state index contributed by atoms with van der Waals surface area (Å²) in [5.74, 6) is 1.78. The average Bonchev–Trinajstić information content (AvgIpc) is 3.10. The van der Waals surface area contributed by atoms with Crippen molar-refractivity contribution in [2.45, 2.75) is 39.7 Å². The fourth-order valence-electron chi connectivity index (χ4n) is 3.22. The SMILES string of the molecule is CCNC(=NCCCN(CC)CC)NC1CCN(c2ncccc2Cl)C1.I. The number of hydrogen-bond donors (Lipinski definition) is 2. The van der Waals surface area contributed by atoms with E-state index in [9.17, 15) is 0 Å². The van der Waals surface area contributed by atoms with Crippen molar-refractivity contribution in [1.29, 1.82) is 0 Å². The molecule has 1 aromatic rings. The van der Waals surface area contributed by atoms with Crippen LogP contribution in [-0.2, 0) is 0 Å². The first-order chi connectivity index (χ1) is 12.7. The third kappa shape index (κ3) is 7.99. The molecule has 0 bridgehead atoms. The first-order valence-electron chi connectivity index (χ1n) is 9.80. The molecule has 8 heteroatoms. The van der Waals surface area contributed by atoms with Crippen molar-refractivity contribution in [1.82, 2.24) is 20.5 Å². The van der Waals surface area contributed by atoms with Crippen molar-refractivity contribution in [2.24, 2.45) is 4.99 Å². The summed E-state index contributed by atoms with van der Waals surface area (Å²) in [6.07, 6.45) is 3.93. The van der Waals surface area contributed by atoms with Gasteiger partial charge in [-0.1, -0.05) is 25.4 Å². The second-order valence-electron chi connectivity index (χ2n) is 6.53. The van der Waals surface area contributed by atoms with Crippen LogP contribution in [0.15, 0.2) is 23.3 Å². The summed E-state index contributed by atoms with van der Waals surface area (Å²) in [5, 5.41) is 7.63. The Morgan fingerprint density at radius 3 is 2.81 bits per heavy atom. The van der Waals surface area contributed by atoms with Gasteiger partial charge in [0, 0.05) is 38.4 Å². The predicted octanol–water partition coefficient (Wildman–Crippen LogP) is 3.22. The molecule has 2 rings (SSSR count). The summed E-state index contributed by atoms with van der Waals surface area (Å²) in [4.78, 5) is 13.8. The van der Waals surface area contributed by atoms with Crippen molar-refractivity contribution in [3.63, 3.8) is 0 Å². The highest BCUT2D eigenvalue weighted by Crippen LogP contribution is 2.25. The predicted molar refractivity (Wildman–Crippen MR) is 127 cm³/mol. The van der Waals surface area contributed by atoms with Crippen LogP contribution in [0.4, 0.5) is 5.82 Å².